The van der Waals surface area contributed by atoms with Crippen molar-refractivity contribution in [2.75, 3.05) is 0 Å². The molecule has 0 saturated heterocycles. The van der Waals surface area contributed by atoms with E-state index in [1.54, 1.807) is 6.07 Å². The molecule has 0 amide bonds. The van der Waals surface area contributed by atoms with E-state index in [2.05, 4.69) is 10.1 Å². The Kier molecular flexibility index (Phi) is 4.51. The molecule has 2 N–H and O–H groups in total. The molecule has 0 bridgehead atoms. The molecule has 2 rings (SSSR count). The molecule has 0 aliphatic carbocycles. The highest BCUT2D eigenvalue weighted by Crippen LogP contribution is 2.37. The number of hydrogen-bond donors (Lipinski definition) is 2. The Bertz CT molecular complexity index is 648. The number of benzene rings is 1. The number of aliphatic hydroxyl groups is 1. The van der Waals surface area contributed by atoms with Crippen LogP contribution < -0.4 is 0 Å². The Morgan fingerprint density at radius 2 is 2.19 bits per heavy atom. The lowest BCUT2D eigenvalue weighted by molar-refractivity contribution is -0.153. The fourth-order valence-electron chi connectivity index (χ4n) is 2.06. The van der Waals surface area contributed by atoms with E-state index < -0.39 is 17.5 Å². The smallest absolute Gasteiger partial charge is 0.309 e. The molecule has 0 radical (unpaired) electrons. The van der Waals surface area contributed by atoms with Gasteiger partial charge in [-0.1, -0.05) is 29.3 Å². The number of carbonyl (C=O) groups is 1. The molecule has 0 aliphatic rings. The van der Waals surface area contributed by atoms with Crippen LogP contribution in [0.3, 0.4) is 0 Å². The van der Waals surface area contributed by atoms with Gasteiger partial charge < -0.3 is 10.2 Å². The first-order valence-corrected chi connectivity index (χ1v) is 6.83. The third kappa shape index (κ3) is 3.18. The van der Waals surface area contributed by atoms with Crippen LogP contribution in [0.5, 0.6) is 0 Å². The van der Waals surface area contributed by atoms with Gasteiger partial charge in [0.25, 0.3) is 0 Å². The van der Waals surface area contributed by atoms with Crippen molar-refractivity contribution in [1.82, 2.24) is 14.8 Å². The molecule has 1 heterocycles. The van der Waals surface area contributed by atoms with Crippen molar-refractivity contribution in [2.24, 2.45) is 5.92 Å². The van der Waals surface area contributed by atoms with Crippen LogP contribution in [0.4, 0.5) is 0 Å². The molecule has 21 heavy (non-hydrogen) atoms. The minimum absolute atomic E-state index is 0.0954. The maximum atomic E-state index is 11.4. The second kappa shape index (κ2) is 6.01. The summed E-state index contributed by atoms with van der Waals surface area (Å²) in [6.07, 6.45) is 2.69. The standard InChI is InChI=1S/C13H13Cl2N3O3/c1-8(12(19)20)13(21,5-18-7-16-6-17-18)10-3-2-9(14)4-11(10)15/h2-4,6-8,21H,5H2,1H3,(H,19,20)/t8-,13-/m1/s1. The van der Waals surface area contributed by atoms with E-state index in [0.29, 0.717) is 5.02 Å². The van der Waals surface area contributed by atoms with Crippen molar-refractivity contribution >= 4 is 29.2 Å². The van der Waals surface area contributed by atoms with Crippen molar-refractivity contribution in [3.63, 3.8) is 0 Å². The van der Waals surface area contributed by atoms with Gasteiger partial charge in [-0.2, -0.15) is 5.10 Å². The van der Waals surface area contributed by atoms with Crippen LogP contribution in [0.1, 0.15) is 12.5 Å². The van der Waals surface area contributed by atoms with Crippen molar-refractivity contribution < 1.29 is 15.0 Å². The number of hydrogen-bond acceptors (Lipinski definition) is 4. The van der Waals surface area contributed by atoms with E-state index in [9.17, 15) is 15.0 Å². The molecule has 1 aromatic carbocycles. The van der Waals surface area contributed by atoms with Gasteiger partial charge in [-0.15, -0.1) is 0 Å². The summed E-state index contributed by atoms with van der Waals surface area (Å²) >= 11 is 12.0. The number of nitrogens with zero attached hydrogens (tertiary/aromatic N) is 3. The fourth-order valence-corrected chi connectivity index (χ4v) is 2.63. The van der Waals surface area contributed by atoms with Crippen molar-refractivity contribution in [2.45, 2.75) is 19.1 Å². The topological polar surface area (TPSA) is 88.2 Å². The Balaban J connectivity index is 2.51. The molecule has 6 nitrogen and oxygen atoms in total. The van der Waals surface area contributed by atoms with E-state index in [4.69, 9.17) is 23.2 Å². The number of carboxylic acids is 1. The van der Waals surface area contributed by atoms with E-state index in [1.165, 1.54) is 36.4 Å². The number of aromatic nitrogens is 3. The molecule has 2 atom stereocenters. The summed E-state index contributed by atoms with van der Waals surface area (Å²) in [5.41, 5.74) is -1.47. The van der Waals surface area contributed by atoms with Crippen LogP contribution in [0.15, 0.2) is 30.9 Å². The summed E-state index contributed by atoms with van der Waals surface area (Å²) < 4.78 is 1.35. The molecule has 2 aromatic rings. The Hall–Kier alpha value is -1.63. The average molecular weight is 330 g/mol. The zero-order chi connectivity index (χ0) is 15.6. The first kappa shape index (κ1) is 15.8. The van der Waals surface area contributed by atoms with Gasteiger partial charge >= 0.3 is 5.97 Å². The first-order chi connectivity index (χ1) is 9.84. The summed E-state index contributed by atoms with van der Waals surface area (Å²) in [4.78, 5) is 15.1. The van der Waals surface area contributed by atoms with E-state index in [1.807, 2.05) is 0 Å². The Morgan fingerprint density at radius 3 is 2.71 bits per heavy atom. The van der Waals surface area contributed by atoms with Crippen LogP contribution in [-0.2, 0) is 16.9 Å². The minimum atomic E-state index is -1.75. The number of halogens is 2. The summed E-state index contributed by atoms with van der Waals surface area (Å²) in [6, 6.07) is 4.52. The normalized spacial score (nSPS) is 15.4. The summed E-state index contributed by atoms with van der Waals surface area (Å²) in [7, 11) is 0. The molecule has 112 valence electrons. The molecule has 0 spiro atoms. The van der Waals surface area contributed by atoms with Gasteiger partial charge in [-0.3, -0.25) is 4.79 Å². The van der Waals surface area contributed by atoms with Crippen LogP contribution in [0.25, 0.3) is 0 Å². The predicted molar refractivity (Wildman–Crippen MR) is 77.2 cm³/mol. The van der Waals surface area contributed by atoms with Crippen molar-refractivity contribution in [3.8, 4) is 0 Å². The molecular formula is C13H13Cl2N3O3. The Labute approximate surface area is 130 Å². The van der Waals surface area contributed by atoms with Crippen LogP contribution in [0.2, 0.25) is 10.0 Å². The molecule has 0 fully saturated rings. The van der Waals surface area contributed by atoms with E-state index in [0.717, 1.165) is 0 Å². The summed E-state index contributed by atoms with van der Waals surface area (Å²) in [5, 5.41) is 24.7. The number of carboxylic acid groups (broad SMARTS) is 1. The third-order valence-corrected chi connectivity index (χ3v) is 3.90. The molecule has 0 unspecified atom stereocenters. The van der Waals surface area contributed by atoms with Crippen molar-refractivity contribution in [3.05, 3.63) is 46.5 Å². The molecule has 0 aliphatic heterocycles. The zero-order valence-corrected chi connectivity index (χ0v) is 12.6. The highest BCUT2D eigenvalue weighted by atomic mass is 35.5. The highest BCUT2D eigenvalue weighted by molar-refractivity contribution is 6.35. The van der Waals surface area contributed by atoms with Gasteiger partial charge in [0.2, 0.25) is 0 Å². The largest absolute Gasteiger partial charge is 0.481 e. The third-order valence-electron chi connectivity index (χ3n) is 3.35. The van der Waals surface area contributed by atoms with Crippen LogP contribution >= 0.6 is 23.2 Å². The SMILES string of the molecule is C[C@H](C(=O)O)[C@](O)(Cn1cncn1)c1ccc(Cl)cc1Cl. The molecular weight excluding hydrogens is 317 g/mol. The van der Waals surface area contributed by atoms with E-state index in [-0.39, 0.29) is 17.1 Å². The second-order valence-corrected chi connectivity index (χ2v) is 5.55. The predicted octanol–water partition coefficient (Wildman–Crippen LogP) is 2.19. The molecule has 1 aromatic heterocycles. The lowest BCUT2D eigenvalue weighted by Gasteiger charge is -2.32. The maximum Gasteiger partial charge on any atom is 0.309 e. The van der Waals surface area contributed by atoms with Gasteiger partial charge in [0.1, 0.15) is 18.3 Å². The van der Waals surface area contributed by atoms with Gasteiger partial charge in [-0.05, 0) is 19.1 Å². The van der Waals surface area contributed by atoms with E-state index >= 15 is 0 Å². The highest BCUT2D eigenvalue weighted by Gasteiger charge is 2.42. The molecule has 0 saturated carbocycles. The summed E-state index contributed by atoms with van der Waals surface area (Å²) in [6.45, 7) is 1.31. The fraction of sp³-hybridized carbons (Fsp3) is 0.308. The van der Waals surface area contributed by atoms with Gasteiger partial charge in [0.15, 0.2) is 0 Å². The number of rotatable bonds is 5. The van der Waals surface area contributed by atoms with Crippen LogP contribution in [0, 0.1) is 5.92 Å². The monoisotopic (exact) mass is 329 g/mol. The number of aliphatic carboxylic acids is 1. The minimum Gasteiger partial charge on any atom is -0.481 e. The van der Waals surface area contributed by atoms with Crippen LogP contribution in [-0.4, -0.2) is 30.9 Å². The second-order valence-electron chi connectivity index (χ2n) is 4.70. The lowest BCUT2D eigenvalue weighted by Crippen LogP contribution is -2.42. The van der Waals surface area contributed by atoms with Crippen molar-refractivity contribution in [1.29, 1.82) is 0 Å². The quantitative estimate of drug-likeness (QED) is 0.877. The van der Waals surface area contributed by atoms with Gasteiger partial charge in [0.05, 0.1) is 12.5 Å². The van der Waals surface area contributed by atoms with Gasteiger partial charge in [0, 0.05) is 15.6 Å². The zero-order valence-electron chi connectivity index (χ0n) is 11.1. The first-order valence-electron chi connectivity index (χ1n) is 6.07. The van der Waals surface area contributed by atoms with Gasteiger partial charge in [-0.25, -0.2) is 9.67 Å². The Morgan fingerprint density at radius 1 is 1.48 bits per heavy atom. The molecule has 8 heteroatoms. The average Bonchev–Trinajstić information content (AvgIpc) is 2.89. The maximum absolute atomic E-state index is 11.4. The lowest BCUT2D eigenvalue weighted by atomic mass is 9.82. The summed E-state index contributed by atoms with van der Waals surface area (Å²) in [5.74, 6) is -2.26.